The number of rotatable bonds is 4. The minimum Gasteiger partial charge on any atom is -0.323 e. The number of fused-ring (bicyclic) bond motifs is 3. The molecule has 0 aliphatic heterocycles. The standard InChI is InChI=1S/C26H21ClN4O2S/c1-14-4-8-21(19(27)10-14)29-22(32)12-31-13-28-23-18-7-9-20(17-6-5-15(2)16(3)11-17)30-25(18)34-24(23)26(31)33/h4-11,13H,12H2,1-3H3,(H,29,32). The van der Waals surface area contributed by atoms with Gasteiger partial charge in [-0.3, -0.25) is 14.2 Å². The van der Waals surface area contributed by atoms with Crippen molar-refractivity contribution in [2.45, 2.75) is 27.3 Å². The number of hydrogen-bond donors (Lipinski definition) is 1. The maximum atomic E-state index is 13.1. The fourth-order valence-electron chi connectivity index (χ4n) is 3.79. The summed E-state index contributed by atoms with van der Waals surface area (Å²) >= 11 is 7.50. The van der Waals surface area contributed by atoms with Crippen LogP contribution in [0.5, 0.6) is 0 Å². The van der Waals surface area contributed by atoms with Gasteiger partial charge in [0.1, 0.15) is 16.1 Å². The average Bonchev–Trinajstić information content (AvgIpc) is 3.18. The van der Waals surface area contributed by atoms with Gasteiger partial charge < -0.3 is 5.32 Å². The molecule has 0 unspecified atom stereocenters. The molecular formula is C26H21ClN4O2S. The Morgan fingerprint density at radius 1 is 1.06 bits per heavy atom. The molecular weight excluding hydrogens is 468 g/mol. The third kappa shape index (κ3) is 4.08. The molecule has 3 heterocycles. The lowest BCUT2D eigenvalue weighted by Crippen LogP contribution is -2.27. The number of hydrogen-bond acceptors (Lipinski definition) is 5. The lowest BCUT2D eigenvalue weighted by Gasteiger charge is -2.09. The van der Waals surface area contributed by atoms with Gasteiger partial charge in [-0.1, -0.05) is 29.8 Å². The van der Waals surface area contributed by atoms with Crippen molar-refractivity contribution in [2.24, 2.45) is 0 Å². The number of anilines is 1. The summed E-state index contributed by atoms with van der Waals surface area (Å²) in [4.78, 5) is 35.7. The molecule has 5 aromatic rings. The first-order valence-electron chi connectivity index (χ1n) is 10.7. The normalized spacial score (nSPS) is 11.3. The molecule has 1 N–H and O–H groups in total. The van der Waals surface area contributed by atoms with Crippen LogP contribution >= 0.6 is 22.9 Å². The first-order valence-corrected chi connectivity index (χ1v) is 11.9. The summed E-state index contributed by atoms with van der Waals surface area (Å²) in [6.45, 7) is 5.91. The van der Waals surface area contributed by atoms with Crippen LogP contribution in [0, 0.1) is 20.8 Å². The molecule has 0 bridgehead atoms. The molecule has 0 saturated carbocycles. The molecule has 0 spiro atoms. The Labute approximate surface area is 204 Å². The number of amides is 1. The number of carbonyl (C=O) groups is 1. The lowest BCUT2D eigenvalue weighted by atomic mass is 10.0. The van der Waals surface area contributed by atoms with Crippen LogP contribution in [0.4, 0.5) is 5.69 Å². The Hall–Kier alpha value is -3.55. The zero-order valence-electron chi connectivity index (χ0n) is 18.8. The van der Waals surface area contributed by atoms with Crippen LogP contribution < -0.4 is 10.9 Å². The van der Waals surface area contributed by atoms with E-state index < -0.39 is 0 Å². The van der Waals surface area contributed by atoms with Crippen molar-refractivity contribution in [2.75, 3.05) is 5.32 Å². The van der Waals surface area contributed by atoms with Gasteiger partial charge in [-0.25, -0.2) is 9.97 Å². The molecule has 0 fully saturated rings. The number of benzene rings is 2. The maximum Gasteiger partial charge on any atom is 0.271 e. The smallest absolute Gasteiger partial charge is 0.271 e. The Morgan fingerprint density at radius 2 is 1.88 bits per heavy atom. The van der Waals surface area contributed by atoms with E-state index in [1.165, 1.54) is 33.4 Å². The highest BCUT2D eigenvalue weighted by molar-refractivity contribution is 7.25. The van der Waals surface area contributed by atoms with E-state index >= 15 is 0 Å². The topological polar surface area (TPSA) is 76.9 Å². The van der Waals surface area contributed by atoms with Crippen molar-refractivity contribution in [3.05, 3.63) is 86.9 Å². The van der Waals surface area contributed by atoms with Gasteiger partial charge in [-0.05, 0) is 67.8 Å². The Kier molecular flexibility index (Phi) is 5.67. The third-order valence-electron chi connectivity index (χ3n) is 5.83. The van der Waals surface area contributed by atoms with Crippen LogP contribution in [-0.4, -0.2) is 20.4 Å². The Morgan fingerprint density at radius 3 is 2.65 bits per heavy atom. The highest BCUT2D eigenvalue weighted by atomic mass is 35.5. The van der Waals surface area contributed by atoms with E-state index in [2.05, 4.69) is 36.3 Å². The van der Waals surface area contributed by atoms with E-state index in [-0.39, 0.29) is 18.0 Å². The van der Waals surface area contributed by atoms with Crippen LogP contribution in [0.15, 0.2) is 59.7 Å². The molecule has 1 amide bonds. The zero-order valence-corrected chi connectivity index (χ0v) is 20.4. The summed E-state index contributed by atoms with van der Waals surface area (Å²) in [6.07, 6.45) is 1.41. The van der Waals surface area contributed by atoms with E-state index in [1.807, 2.05) is 31.2 Å². The van der Waals surface area contributed by atoms with Crippen molar-refractivity contribution in [3.8, 4) is 11.3 Å². The van der Waals surface area contributed by atoms with E-state index in [0.29, 0.717) is 20.9 Å². The van der Waals surface area contributed by atoms with E-state index in [0.717, 1.165) is 27.0 Å². The van der Waals surface area contributed by atoms with Crippen molar-refractivity contribution in [1.29, 1.82) is 0 Å². The van der Waals surface area contributed by atoms with Gasteiger partial charge in [0.05, 0.1) is 28.2 Å². The van der Waals surface area contributed by atoms with Gasteiger partial charge in [0.15, 0.2) is 0 Å². The van der Waals surface area contributed by atoms with Crippen molar-refractivity contribution in [3.63, 3.8) is 0 Å². The van der Waals surface area contributed by atoms with Crippen molar-refractivity contribution >= 4 is 55.0 Å². The molecule has 0 saturated heterocycles. The van der Waals surface area contributed by atoms with Gasteiger partial charge in [0.2, 0.25) is 5.91 Å². The van der Waals surface area contributed by atoms with Gasteiger partial charge in [0, 0.05) is 10.9 Å². The van der Waals surface area contributed by atoms with Gasteiger partial charge in [0.25, 0.3) is 5.56 Å². The minimum atomic E-state index is -0.356. The van der Waals surface area contributed by atoms with E-state index in [9.17, 15) is 9.59 Å². The van der Waals surface area contributed by atoms with Crippen molar-refractivity contribution < 1.29 is 4.79 Å². The molecule has 0 radical (unpaired) electrons. The fraction of sp³-hybridized carbons (Fsp3) is 0.154. The first-order chi connectivity index (χ1) is 16.3. The average molecular weight is 489 g/mol. The molecule has 0 aliphatic carbocycles. The molecule has 3 aromatic heterocycles. The Balaban J connectivity index is 1.47. The molecule has 0 atom stereocenters. The zero-order chi connectivity index (χ0) is 24.0. The molecule has 2 aromatic carbocycles. The largest absolute Gasteiger partial charge is 0.323 e. The first kappa shape index (κ1) is 22.3. The third-order valence-corrected chi connectivity index (χ3v) is 7.22. The number of aryl methyl sites for hydroxylation is 3. The monoisotopic (exact) mass is 488 g/mol. The molecule has 6 nitrogen and oxygen atoms in total. The summed E-state index contributed by atoms with van der Waals surface area (Å²) in [7, 11) is 0. The van der Waals surface area contributed by atoms with Crippen LogP contribution in [-0.2, 0) is 11.3 Å². The molecule has 170 valence electrons. The van der Waals surface area contributed by atoms with E-state index in [1.54, 1.807) is 12.1 Å². The lowest BCUT2D eigenvalue weighted by molar-refractivity contribution is -0.116. The molecule has 5 rings (SSSR count). The minimum absolute atomic E-state index is 0.165. The summed E-state index contributed by atoms with van der Waals surface area (Å²) in [6, 6.07) is 15.5. The second-order valence-electron chi connectivity index (χ2n) is 8.34. The van der Waals surface area contributed by atoms with E-state index in [4.69, 9.17) is 16.6 Å². The second-order valence-corrected chi connectivity index (χ2v) is 9.74. The maximum absolute atomic E-state index is 13.1. The SMILES string of the molecule is Cc1ccc(NC(=O)Cn2cnc3c(sc4nc(-c5ccc(C)c(C)c5)ccc43)c2=O)c(Cl)c1. The summed E-state index contributed by atoms with van der Waals surface area (Å²) in [5.41, 5.74) is 6.12. The Bertz CT molecular complexity index is 1650. The number of pyridine rings is 1. The number of aromatic nitrogens is 3. The number of thiophene rings is 1. The highest BCUT2D eigenvalue weighted by Gasteiger charge is 2.15. The molecule has 0 aliphatic rings. The predicted molar refractivity (Wildman–Crippen MR) is 139 cm³/mol. The predicted octanol–water partition coefficient (Wildman–Crippen LogP) is 5.89. The number of carbonyl (C=O) groups excluding carboxylic acids is 1. The van der Waals surface area contributed by atoms with Gasteiger partial charge in [-0.2, -0.15) is 0 Å². The van der Waals surface area contributed by atoms with Crippen LogP contribution in [0.25, 0.3) is 31.7 Å². The highest BCUT2D eigenvalue weighted by Crippen LogP contribution is 2.31. The quantitative estimate of drug-likeness (QED) is 0.342. The van der Waals surface area contributed by atoms with Crippen molar-refractivity contribution in [1.82, 2.24) is 14.5 Å². The van der Waals surface area contributed by atoms with Gasteiger partial charge >= 0.3 is 0 Å². The molecule has 34 heavy (non-hydrogen) atoms. The summed E-state index contributed by atoms with van der Waals surface area (Å²) in [5, 5.41) is 4.03. The fourth-order valence-corrected chi connectivity index (χ4v) is 5.15. The summed E-state index contributed by atoms with van der Waals surface area (Å²) in [5.74, 6) is -0.356. The van der Waals surface area contributed by atoms with Crippen LogP contribution in [0.1, 0.15) is 16.7 Å². The number of nitrogens with zero attached hydrogens (tertiary/aromatic N) is 3. The summed E-state index contributed by atoms with van der Waals surface area (Å²) < 4.78 is 1.78. The van der Waals surface area contributed by atoms with Gasteiger partial charge in [-0.15, -0.1) is 11.3 Å². The second kappa shape index (κ2) is 8.66. The number of halogens is 1. The van der Waals surface area contributed by atoms with Crippen LogP contribution in [0.3, 0.4) is 0 Å². The van der Waals surface area contributed by atoms with Crippen LogP contribution in [0.2, 0.25) is 5.02 Å². The number of nitrogens with one attached hydrogen (secondary N) is 1. The molecule has 8 heteroatoms.